The summed E-state index contributed by atoms with van der Waals surface area (Å²) in [6, 6.07) is 18.2. The molecule has 0 radical (unpaired) electrons. The monoisotopic (exact) mass is 495 g/mol. The number of hydrogen-bond acceptors (Lipinski definition) is 4. The molecule has 0 spiro atoms. The van der Waals surface area contributed by atoms with Crippen LogP contribution in [0.5, 0.6) is 0 Å². The maximum atomic E-state index is 11.9. The maximum Gasteiger partial charge on any atom is 0.338 e. The molecular formula is C29H38ClN3O2. The molecule has 0 aliphatic rings. The van der Waals surface area contributed by atoms with Crippen LogP contribution in [0.2, 0.25) is 5.15 Å². The summed E-state index contributed by atoms with van der Waals surface area (Å²) in [7, 11) is 0. The lowest BCUT2D eigenvalue weighted by molar-refractivity contribution is 0.0526. The highest BCUT2D eigenvalue weighted by molar-refractivity contribution is 6.30. The van der Waals surface area contributed by atoms with Gasteiger partial charge < -0.3 is 14.6 Å². The molecule has 6 heteroatoms. The number of unbranched alkanes of at least 4 members (excludes halogenated alkanes) is 1. The topological polar surface area (TPSA) is 56.1 Å². The number of nitrogens with one attached hydrogen (secondary N) is 1. The molecule has 1 heterocycles. The predicted molar refractivity (Wildman–Crippen MR) is 144 cm³/mol. The maximum absolute atomic E-state index is 11.9. The zero-order chi connectivity index (χ0) is 25.0. The number of esters is 1. The Morgan fingerprint density at radius 3 is 2.43 bits per heavy atom. The smallest absolute Gasteiger partial charge is 0.338 e. The fourth-order valence-corrected chi connectivity index (χ4v) is 4.67. The standard InChI is InChI=1S/C29H38ClN3O2/c1-4-7-15-25(31-20-11-12-22-16-18-24(19-17-22)29(34)35-6-3)26-27(30)32-28(33(26)21-5-2)23-13-9-8-10-14-23/h8-10,13-14,16-19,25,31H,4-7,11-12,15,20-21H2,1-3H3. The third-order valence-electron chi connectivity index (χ3n) is 6.12. The van der Waals surface area contributed by atoms with Gasteiger partial charge in [-0.3, -0.25) is 0 Å². The molecule has 0 aliphatic carbocycles. The summed E-state index contributed by atoms with van der Waals surface area (Å²) >= 11 is 6.77. The Morgan fingerprint density at radius 1 is 1.03 bits per heavy atom. The summed E-state index contributed by atoms with van der Waals surface area (Å²) in [5.74, 6) is 0.673. The molecule has 0 aliphatic heterocycles. The van der Waals surface area contributed by atoms with Gasteiger partial charge in [-0.15, -0.1) is 0 Å². The largest absolute Gasteiger partial charge is 0.462 e. The van der Waals surface area contributed by atoms with Gasteiger partial charge in [0.2, 0.25) is 0 Å². The van der Waals surface area contributed by atoms with E-state index >= 15 is 0 Å². The van der Waals surface area contributed by atoms with Crippen LogP contribution in [0.15, 0.2) is 54.6 Å². The quantitative estimate of drug-likeness (QED) is 0.189. The molecule has 0 saturated heterocycles. The summed E-state index contributed by atoms with van der Waals surface area (Å²) < 4.78 is 7.37. The minimum Gasteiger partial charge on any atom is -0.462 e. The number of rotatable bonds is 14. The Hall–Kier alpha value is -2.63. The molecule has 1 N–H and O–H groups in total. The second-order valence-electron chi connectivity index (χ2n) is 8.80. The zero-order valence-corrected chi connectivity index (χ0v) is 22.0. The Labute approximate surface area is 214 Å². The lowest BCUT2D eigenvalue weighted by Gasteiger charge is -2.22. The first-order valence-electron chi connectivity index (χ1n) is 12.9. The molecule has 35 heavy (non-hydrogen) atoms. The van der Waals surface area contributed by atoms with Crippen LogP contribution in [-0.4, -0.2) is 28.7 Å². The van der Waals surface area contributed by atoms with Gasteiger partial charge in [-0.05, 0) is 56.8 Å². The van der Waals surface area contributed by atoms with Gasteiger partial charge >= 0.3 is 5.97 Å². The lowest BCUT2D eigenvalue weighted by atomic mass is 10.0. The molecule has 0 bridgehead atoms. The van der Waals surface area contributed by atoms with E-state index in [9.17, 15) is 4.79 Å². The van der Waals surface area contributed by atoms with Gasteiger partial charge in [-0.1, -0.05) is 80.8 Å². The van der Waals surface area contributed by atoms with Crippen molar-refractivity contribution in [1.29, 1.82) is 0 Å². The van der Waals surface area contributed by atoms with Gasteiger partial charge in [0.1, 0.15) is 5.82 Å². The van der Waals surface area contributed by atoms with Crippen molar-refractivity contribution in [3.05, 3.63) is 76.6 Å². The fraction of sp³-hybridized carbons (Fsp3) is 0.448. The van der Waals surface area contributed by atoms with Crippen molar-refractivity contribution in [1.82, 2.24) is 14.9 Å². The van der Waals surface area contributed by atoms with E-state index in [4.69, 9.17) is 21.3 Å². The van der Waals surface area contributed by atoms with Gasteiger partial charge in [0, 0.05) is 12.1 Å². The second kappa shape index (κ2) is 14.1. The minimum absolute atomic E-state index is 0.158. The van der Waals surface area contributed by atoms with Crippen molar-refractivity contribution in [3.63, 3.8) is 0 Å². The van der Waals surface area contributed by atoms with Crippen molar-refractivity contribution in [2.75, 3.05) is 13.2 Å². The first-order valence-corrected chi connectivity index (χ1v) is 13.3. The molecule has 0 amide bonds. The van der Waals surface area contributed by atoms with Crippen molar-refractivity contribution in [2.45, 2.75) is 71.9 Å². The average molecular weight is 496 g/mol. The number of ether oxygens (including phenoxy) is 1. The van der Waals surface area contributed by atoms with Crippen LogP contribution >= 0.6 is 11.6 Å². The number of aromatic nitrogens is 2. The molecule has 3 aromatic rings. The van der Waals surface area contributed by atoms with E-state index in [1.165, 1.54) is 5.56 Å². The molecule has 1 aromatic heterocycles. The zero-order valence-electron chi connectivity index (χ0n) is 21.2. The Bertz CT molecular complexity index is 1050. The van der Waals surface area contributed by atoms with Crippen LogP contribution in [0.3, 0.4) is 0 Å². The number of carbonyl (C=O) groups excluding carboxylic acids is 1. The number of imidazole rings is 1. The molecule has 188 valence electrons. The highest BCUT2D eigenvalue weighted by atomic mass is 35.5. The van der Waals surface area contributed by atoms with Crippen LogP contribution in [0.4, 0.5) is 0 Å². The van der Waals surface area contributed by atoms with Crippen molar-refractivity contribution in [2.24, 2.45) is 0 Å². The van der Waals surface area contributed by atoms with Crippen molar-refractivity contribution >= 4 is 17.6 Å². The number of nitrogens with zero attached hydrogens (tertiary/aromatic N) is 2. The van der Waals surface area contributed by atoms with E-state index in [1.807, 2.05) is 49.4 Å². The molecule has 2 aromatic carbocycles. The lowest BCUT2D eigenvalue weighted by Crippen LogP contribution is -2.26. The second-order valence-corrected chi connectivity index (χ2v) is 9.16. The van der Waals surface area contributed by atoms with Gasteiger partial charge in [0.15, 0.2) is 5.15 Å². The third kappa shape index (κ3) is 7.42. The van der Waals surface area contributed by atoms with Crippen LogP contribution in [0.25, 0.3) is 11.4 Å². The van der Waals surface area contributed by atoms with E-state index in [2.05, 4.69) is 35.9 Å². The molecule has 1 unspecified atom stereocenters. The van der Waals surface area contributed by atoms with E-state index in [0.29, 0.717) is 17.3 Å². The molecule has 0 fully saturated rings. The Kier molecular flexibility index (Phi) is 10.8. The average Bonchev–Trinajstić information content (AvgIpc) is 3.20. The van der Waals surface area contributed by atoms with E-state index in [1.54, 1.807) is 0 Å². The highest BCUT2D eigenvalue weighted by Crippen LogP contribution is 2.32. The van der Waals surface area contributed by atoms with Crippen LogP contribution in [0, 0.1) is 0 Å². The van der Waals surface area contributed by atoms with Gasteiger partial charge in [0.05, 0.1) is 23.9 Å². The van der Waals surface area contributed by atoms with E-state index in [0.717, 1.165) is 68.7 Å². The van der Waals surface area contributed by atoms with Gasteiger partial charge in [0.25, 0.3) is 0 Å². The molecule has 1 atom stereocenters. The summed E-state index contributed by atoms with van der Waals surface area (Å²) in [6.45, 7) is 8.38. The SMILES string of the molecule is CCCCC(NCCCc1ccc(C(=O)OCC)cc1)c1c(Cl)nc(-c2ccccc2)n1CCC. The number of carbonyl (C=O) groups is 1. The fourth-order valence-electron chi connectivity index (χ4n) is 4.36. The van der Waals surface area contributed by atoms with Gasteiger partial charge in [-0.2, -0.15) is 0 Å². The summed E-state index contributed by atoms with van der Waals surface area (Å²) in [5.41, 5.74) is 4.00. The van der Waals surface area contributed by atoms with E-state index < -0.39 is 0 Å². The summed E-state index contributed by atoms with van der Waals surface area (Å²) in [4.78, 5) is 16.6. The molecular weight excluding hydrogens is 458 g/mol. The first-order chi connectivity index (χ1) is 17.1. The first kappa shape index (κ1) is 27.0. The summed E-state index contributed by atoms with van der Waals surface area (Å²) in [6.07, 6.45) is 6.23. The van der Waals surface area contributed by atoms with Gasteiger partial charge in [-0.25, -0.2) is 9.78 Å². The number of benzene rings is 2. The van der Waals surface area contributed by atoms with Crippen molar-refractivity contribution < 1.29 is 9.53 Å². The predicted octanol–water partition coefficient (Wildman–Crippen LogP) is 7.24. The minimum atomic E-state index is -0.269. The number of hydrogen-bond donors (Lipinski definition) is 1. The molecule has 3 rings (SSSR count). The Balaban J connectivity index is 1.69. The number of halogens is 1. The molecule has 5 nitrogen and oxygen atoms in total. The Morgan fingerprint density at radius 2 is 1.77 bits per heavy atom. The van der Waals surface area contributed by atoms with Crippen molar-refractivity contribution in [3.8, 4) is 11.4 Å². The van der Waals surface area contributed by atoms with Crippen LogP contribution in [-0.2, 0) is 17.7 Å². The number of aryl methyl sites for hydroxylation is 1. The summed E-state index contributed by atoms with van der Waals surface area (Å²) in [5, 5.41) is 4.37. The van der Waals surface area contributed by atoms with E-state index in [-0.39, 0.29) is 12.0 Å². The normalized spacial score (nSPS) is 12.0. The molecule has 0 saturated carbocycles. The van der Waals surface area contributed by atoms with Crippen LogP contribution in [0.1, 0.15) is 80.5 Å². The highest BCUT2D eigenvalue weighted by Gasteiger charge is 2.23. The third-order valence-corrected chi connectivity index (χ3v) is 6.39. The van der Waals surface area contributed by atoms with Crippen LogP contribution < -0.4 is 5.32 Å².